The monoisotopic (exact) mass is 603 g/mol. The van der Waals surface area contributed by atoms with Crippen LogP contribution in [-0.2, 0) is 15.0 Å². The van der Waals surface area contributed by atoms with Gasteiger partial charge in [0, 0.05) is 23.4 Å². The molecule has 13 heteroatoms. The van der Waals surface area contributed by atoms with Crippen molar-refractivity contribution in [2.75, 3.05) is 13.2 Å². The Morgan fingerprint density at radius 2 is 1.79 bits per heavy atom. The van der Waals surface area contributed by atoms with Crippen molar-refractivity contribution >= 4 is 34.3 Å². The molecule has 42 heavy (non-hydrogen) atoms. The number of nitrogens with two attached hydrogens (primary N) is 2. The number of allylic oxidation sites excluding steroid dienone is 1. The van der Waals surface area contributed by atoms with Crippen LogP contribution in [0.25, 0.3) is 11.3 Å². The summed E-state index contributed by atoms with van der Waals surface area (Å²) >= 11 is 6.25. The van der Waals surface area contributed by atoms with Crippen LogP contribution < -0.4 is 21.5 Å². The molecule has 0 spiro atoms. The zero-order valence-electron chi connectivity index (χ0n) is 22.4. The van der Waals surface area contributed by atoms with Gasteiger partial charge in [0.1, 0.15) is 40.4 Å². The van der Waals surface area contributed by atoms with Crippen molar-refractivity contribution in [1.82, 2.24) is 10.3 Å². The van der Waals surface area contributed by atoms with Crippen molar-refractivity contribution in [2.24, 2.45) is 16.5 Å². The first-order valence-corrected chi connectivity index (χ1v) is 12.9. The molecule has 0 saturated heterocycles. The maximum Gasteiger partial charge on any atom is 0.398 e. The van der Waals surface area contributed by atoms with Gasteiger partial charge in [-0.25, -0.2) is 14.4 Å². The van der Waals surface area contributed by atoms with Gasteiger partial charge in [-0.1, -0.05) is 29.8 Å². The van der Waals surface area contributed by atoms with Crippen molar-refractivity contribution < 1.29 is 31.9 Å². The van der Waals surface area contributed by atoms with Gasteiger partial charge in [-0.3, -0.25) is 9.59 Å². The van der Waals surface area contributed by atoms with E-state index < -0.39 is 47.4 Å². The molecule has 0 saturated carbocycles. The minimum Gasteiger partial charge on any atom is -0.489 e. The normalized spacial score (nSPS) is 18.0. The van der Waals surface area contributed by atoms with E-state index in [-0.39, 0.29) is 45.6 Å². The van der Waals surface area contributed by atoms with E-state index >= 15 is 0 Å². The highest BCUT2D eigenvalue weighted by Gasteiger charge is 2.47. The van der Waals surface area contributed by atoms with Crippen molar-refractivity contribution in [1.29, 1.82) is 0 Å². The van der Waals surface area contributed by atoms with E-state index in [1.807, 2.05) is 0 Å². The predicted molar refractivity (Wildman–Crippen MR) is 150 cm³/mol. The second-order valence-corrected chi connectivity index (χ2v) is 10.2. The quantitative estimate of drug-likeness (QED) is 0.190. The number of ether oxygens (including phenoxy) is 1. The number of carbonyl (C=O) groups excluding carboxylic acids is 2. The number of carbonyl (C=O) groups is 2. The fraction of sp³-hybridized carbons (Fsp3) is 0.241. The second kappa shape index (κ2) is 11.8. The largest absolute Gasteiger partial charge is 0.489 e. The number of rotatable bonds is 8. The molecule has 220 valence electrons. The van der Waals surface area contributed by atoms with Crippen molar-refractivity contribution in [3.63, 3.8) is 0 Å². The van der Waals surface area contributed by atoms with Crippen LogP contribution in [0.2, 0.25) is 0 Å². The lowest BCUT2D eigenvalue weighted by molar-refractivity contribution is -0.151. The Morgan fingerprint density at radius 3 is 2.36 bits per heavy atom. The van der Waals surface area contributed by atoms with Crippen molar-refractivity contribution in [3.8, 4) is 17.0 Å². The molecule has 1 unspecified atom stereocenters. The third kappa shape index (κ3) is 6.23. The Balaban J connectivity index is 1.74. The van der Waals surface area contributed by atoms with Crippen molar-refractivity contribution in [3.05, 3.63) is 89.0 Å². The molecule has 1 aromatic heterocycles. The molecule has 2 amide bonds. The SMILES string of the molecule is C/C(N)=C(\C(=O)NCC(c1cc2c(c(-c3ccc(F)cc3)n1)OC[C@]2(C)C(N)=O)C(F)(F)F)C(Cl)=Nc1ccccc1. The summed E-state index contributed by atoms with van der Waals surface area (Å²) in [5.74, 6) is -4.66. The Bertz CT molecular complexity index is 1570. The standard InChI is InChI=1S/C29H26ClF4N5O3/c1-15(35)22(25(30)38-18-6-4-3-5-7-18)26(40)37-13-20(29(32,33)34)21-12-19-24(42-14-28(19,2)27(36)41)23(39-21)16-8-10-17(31)11-9-16/h3-12,20H,13-14,35H2,1-2H3,(H2,36,41)(H,37,40)/b22-15+,38-25?/t20?,28-/m0/s1. The summed E-state index contributed by atoms with van der Waals surface area (Å²) in [6.07, 6.45) is -4.90. The Kier molecular flexibility index (Phi) is 8.58. The molecule has 2 aromatic carbocycles. The number of hydrogen-bond acceptors (Lipinski definition) is 6. The number of nitrogens with zero attached hydrogens (tertiary/aromatic N) is 2. The van der Waals surface area contributed by atoms with E-state index in [9.17, 15) is 27.2 Å². The van der Waals surface area contributed by atoms with Gasteiger partial charge in [0.25, 0.3) is 5.91 Å². The van der Waals surface area contributed by atoms with Crippen LogP contribution in [0.5, 0.6) is 5.75 Å². The molecule has 4 rings (SSSR count). The zero-order chi connectivity index (χ0) is 30.8. The summed E-state index contributed by atoms with van der Waals surface area (Å²) in [4.78, 5) is 33.8. The summed E-state index contributed by atoms with van der Waals surface area (Å²) in [6, 6.07) is 14.3. The number of amides is 2. The van der Waals surface area contributed by atoms with Gasteiger partial charge in [-0.15, -0.1) is 0 Å². The average Bonchev–Trinajstić information content (AvgIpc) is 3.26. The van der Waals surface area contributed by atoms with Crippen LogP contribution >= 0.6 is 11.6 Å². The highest BCUT2D eigenvalue weighted by Crippen LogP contribution is 2.46. The van der Waals surface area contributed by atoms with Gasteiger partial charge in [-0.05, 0) is 56.3 Å². The van der Waals surface area contributed by atoms with Crippen molar-refractivity contribution in [2.45, 2.75) is 31.4 Å². The van der Waals surface area contributed by atoms with E-state index in [2.05, 4.69) is 15.3 Å². The number of nitrogens with one attached hydrogen (secondary N) is 1. The summed E-state index contributed by atoms with van der Waals surface area (Å²) in [5.41, 5.74) is 9.81. The number of pyridine rings is 1. The van der Waals surface area contributed by atoms with E-state index in [1.54, 1.807) is 30.3 Å². The maximum atomic E-state index is 14.5. The third-order valence-electron chi connectivity index (χ3n) is 6.78. The molecule has 2 heterocycles. The molecule has 0 radical (unpaired) electrons. The topological polar surface area (TPSA) is 133 Å². The van der Waals surface area contributed by atoms with Crippen LogP contribution in [0.3, 0.4) is 0 Å². The van der Waals surface area contributed by atoms with Gasteiger partial charge >= 0.3 is 6.18 Å². The molecule has 0 fully saturated rings. The highest BCUT2D eigenvalue weighted by atomic mass is 35.5. The van der Waals surface area contributed by atoms with E-state index in [1.165, 1.54) is 26.0 Å². The molecule has 0 bridgehead atoms. The smallest absolute Gasteiger partial charge is 0.398 e. The Labute approximate surface area is 243 Å². The van der Waals surface area contributed by atoms with Gasteiger partial charge in [0.2, 0.25) is 5.91 Å². The molecule has 0 aliphatic carbocycles. The first kappa shape index (κ1) is 30.5. The first-order chi connectivity index (χ1) is 19.7. The van der Waals surface area contributed by atoms with Crippen LogP contribution in [0.4, 0.5) is 23.2 Å². The summed E-state index contributed by atoms with van der Waals surface area (Å²) in [5, 5.41) is 1.93. The number of primary amides is 1. The van der Waals surface area contributed by atoms with E-state index in [0.717, 1.165) is 18.2 Å². The lowest BCUT2D eigenvalue weighted by Gasteiger charge is -2.24. The maximum absolute atomic E-state index is 14.5. The molecule has 1 aliphatic rings. The molecule has 5 N–H and O–H groups in total. The minimum atomic E-state index is -4.90. The van der Waals surface area contributed by atoms with Crippen LogP contribution in [-0.4, -0.2) is 41.3 Å². The van der Waals surface area contributed by atoms with Gasteiger partial charge in [0.15, 0.2) is 0 Å². The molecular formula is C29H26ClF4N5O3. The number of benzene rings is 2. The molecule has 2 atom stereocenters. The summed E-state index contributed by atoms with van der Waals surface area (Å²) in [7, 11) is 0. The lowest BCUT2D eigenvalue weighted by atomic mass is 9.82. The number of hydrogen-bond donors (Lipinski definition) is 3. The number of fused-ring (bicyclic) bond motifs is 1. The third-order valence-corrected chi connectivity index (χ3v) is 7.06. The number of alkyl halides is 3. The van der Waals surface area contributed by atoms with Gasteiger partial charge in [0.05, 0.1) is 17.0 Å². The molecule has 1 aliphatic heterocycles. The minimum absolute atomic E-state index is 0.0375. The Morgan fingerprint density at radius 1 is 1.14 bits per heavy atom. The number of aromatic nitrogens is 1. The summed E-state index contributed by atoms with van der Waals surface area (Å²) < 4.78 is 62.8. The van der Waals surface area contributed by atoms with Gasteiger partial charge in [-0.2, -0.15) is 13.2 Å². The number of aliphatic imine (C=N–C) groups is 1. The second-order valence-electron chi connectivity index (χ2n) is 9.86. The zero-order valence-corrected chi connectivity index (χ0v) is 23.2. The molecular weight excluding hydrogens is 578 g/mol. The molecule has 3 aromatic rings. The average molecular weight is 604 g/mol. The van der Waals surface area contributed by atoms with Gasteiger partial charge < -0.3 is 21.5 Å². The van der Waals surface area contributed by atoms with Crippen LogP contribution in [0.15, 0.2) is 76.9 Å². The Hall–Kier alpha value is -4.45. The summed E-state index contributed by atoms with van der Waals surface area (Å²) in [6.45, 7) is 1.62. The van der Waals surface area contributed by atoms with Crippen LogP contribution in [0.1, 0.15) is 31.0 Å². The highest BCUT2D eigenvalue weighted by molar-refractivity contribution is 6.72. The number of para-hydroxylation sites is 1. The predicted octanol–water partition coefficient (Wildman–Crippen LogP) is 4.99. The lowest BCUT2D eigenvalue weighted by Crippen LogP contribution is -2.40. The number of halogens is 5. The van der Waals surface area contributed by atoms with E-state index in [0.29, 0.717) is 5.69 Å². The fourth-order valence-corrected chi connectivity index (χ4v) is 4.70. The fourth-order valence-electron chi connectivity index (χ4n) is 4.37. The molecule has 8 nitrogen and oxygen atoms in total. The first-order valence-electron chi connectivity index (χ1n) is 12.6. The van der Waals surface area contributed by atoms with Crippen LogP contribution in [0, 0.1) is 5.82 Å². The van der Waals surface area contributed by atoms with E-state index in [4.69, 9.17) is 27.8 Å².